The largest absolute Gasteiger partial charge is 0.478 e. The molecule has 0 atom stereocenters. The van der Waals surface area contributed by atoms with Gasteiger partial charge in [-0.3, -0.25) is 0 Å². The predicted octanol–water partition coefficient (Wildman–Crippen LogP) is 1.95. The van der Waals surface area contributed by atoms with Crippen molar-refractivity contribution in [3.05, 3.63) is 36.5 Å². The van der Waals surface area contributed by atoms with E-state index in [0.717, 1.165) is 11.3 Å². The third kappa shape index (κ3) is 2.27. The quantitative estimate of drug-likeness (QED) is 0.867. The van der Waals surface area contributed by atoms with Crippen molar-refractivity contribution in [3.63, 3.8) is 0 Å². The molecule has 0 fully saturated rings. The van der Waals surface area contributed by atoms with Crippen LogP contribution in [0.5, 0.6) is 0 Å². The first kappa shape index (κ1) is 12.7. The van der Waals surface area contributed by atoms with Crippen LogP contribution in [0.4, 0.5) is 0 Å². The number of carbonyl (C=O) groups is 1. The van der Waals surface area contributed by atoms with E-state index in [-0.39, 0.29) is 15.5 Å². The summed E-state index contributed by atoms with van der Waals surface area (Å²) < 4.78 is 23.8. The van der Waals surface area contributed by atoms with E-state index in [1.807, 2.05) is 0 Å². The number of hydrogen-bond donors (Lipinski definition) is 1. The first-order chi connectivity index (χ1) is 8.44. The van der Waals surface area contributed by atoms with E-state index in [0.29, 0.717) is 10.2 Å². The van der Waals surface area contributed by atoms with Crippen LogP contribution in [0, 0.1) is 0 Å². The highest BCUT2D eigenvalue weighted by atomic mass is 32.2. The minimum absolute atomic E-state index is 0.0352. The zero-order valence-corrected chi connectivity index (χ0v) is 10.8. The van der Waals surface area contributed by atoms with E-state index in [4.69, 9.17) is 5.11 Å². The van der Waals surface area contributed by atoms with Gasteiger partial charge < -0.3 is 5.11 Å². The number of aromatic carboxylic acids is 1. The number of carboxylic acids is 1. The molecule has 0 radical (unpaired) electrons. The van der Waals surface area contributed by atoms with Crippen molar-refractivity contribution in [2.24, 2.45) is 0 Å². The predicted molar refractivity (Wildman–Crippen MR) is 68.8 cm³/mol. The average molecular weight is 283 g/mol. The molecule has 94 valence electrons. The lowest BCUT2D eigenvalue weighted by Crippen LogP contribution is -2.01. The Morgan fingerprint density at radius 1 is 1.50 bits per heavy atom. The van der Waals surface area contributed by atoms with Gasteiger partial charge >= 0.3 is 5.97 Å². The van der Waals surface area contributed by atoms with Crippen molar-refractivity contribution >= 4 is 37.4 Å². The van der Waals surface area contributed by atoms with Crippen LogP contribution in [-0.2, 0) is 9.84 Å². The van der Waals surface area contributed by atoms with Gasteiger partial charge in [-0.05, 0) is 12.1 Å². The van der Waals surface area contributed by atoms with E-state index >= 15 is 0 Å². The van der Waals surface area contributed by atoms with Gasteiger partial charge in [0.1, 0.15) is 9.04 Å². The molecule has 2 aromatic heterocycles. The minimum Gasteiger partial charge on any atom is -0.478 e. The van der Waals surface area contributed by atoms with Gasteiger partial charge in [0, 0.05) is 11.6 Å². The Morgan fingerprint density at radius 2 is 2.22 bits per heavy atom. The van der Waals surface area contributed by atoms with Crippen LogP contribution in [0.25, 0.3) is 10.2 Å². The van der Waals surface area contributed by atoms with Gasteiger partial charge in [-0.25, -0.2) is 18.2 Å². The van der Waals surface area contributed by atoms with Gasteiger partial charge in [0.15, 0.2) is 9.84 Å². The summed E-state index contributed by atoms with van der Waals surface area (Å²) in [6, 6.07) is 2.85. The van der Waals surface area contributed by atoms with E-state index < -0.39 is 15.8 Å². The molecular formula is C11H9NO4S2. The molecule has 0 saturated carbocycles. The van der Waals surface area contributed by atoms with Crippen molar-refractivity contribution in [2.45, 2.75) is 4.21 Å². The number of sulfone groups is 1. The maximum absolute atomic E-state index is 11.8. The van der Waals surface area contributed by atoms with E-state index in [9.17, 15) is 13.2 Å². The molecule has 2 heterocycles. The zero-order chi connectivity index (χ0) is 13.3. The summed E-state index contributed by atoms with van der Waals surface area (Å²) in [5.41, 5.74) is 0.0352. The van der Waals surface area contributed by atoms with Crippen LogP contribution in [0.2, 0.25) is 0 Å². The molecule has 0 aliphatic heterocycles. The maximum atomic E-state index is 11.8. The number of aromatic nitrogens is 1. The topological polar surface area (TPSA) is 84.3 Å². The standard InChI is InChI=1S/C11H9NO4S2/c1-2-3-18(15,16)9-5-7-4-8(11(13)14)6-12-10(7)17-9/h2,4-6H,1,3H2,(H,13,14). The number of carboxylic acid groups (broad SMARTS) is 1. The van der Waals surface area contributed by atoms with Crippen LogP contribution in [0.15, 0.2) is 35.2 Å². The first-order valence-electron chi connectivity index (χ1n) is 4.90. The fourth-order valence-electron chi connectivity index (χ4n) is 1.42. The fraction of sp³-hybridized carbons (Fsp3) is 0.0909. The number of pyridine rings is 1. The summed E-state index contributed by atoms with van der Waals surface area (Å²) in [4.78, 5) is 15.2. The first-order valence-corrected chi connectivity index (χ1v) is 7.37. The molecule has 0 spiro atoms. The van der Waals surface area contributed by atoms with Crippen LogP contribution < -0.4 is 0 Å². The molecule has 7 heteroatoms. The molecule has 0 aliphatic carbocycles. The Bertz CT molecular complexity index is 731. The summed E-state index contributed by atoms with van der Waals surface area (Å²) in [6.07, 6.45) is 2.53. The van der Waals surface area contributed by atoms with Crippen molar-refractivity contribution in [3.8, 4) is 0 Å². The van der Waals surface area contributed by atoms with Gasteiger partial charge in [0.05, 0.1) is 11.3 Å². The van der Waals surface area contributed by atoms with Gasteiger partial charge in [-0.15, -0.1) is 17.9 Å². The van der Waals surface area contributed by atoms with Gasteiger partial charge in [-0.2, -0.15) is 0 Å². The van der Waals surface area contributed by atoms with Crippen molar-refractivity contribution in [2.75, 3.05) is 5.75 Å². The maximum Gasteiger partial charge on any atom is 0.337 e. The molecule has 5 nitrogen and oxygen atoms in total. The van der Waals surface area contributed by atoms with Crippen LogP contribution in [0.1, 0.15) is 10.4 Å². The van der Waals surface area contributed by atoms with Crippen LogP contribution in [-0.4, -0.2) is 30.2 Å². The van der Waals surface area contributed by atoms with Crippen molar-refractivity contribution in [1.29, 1.82) is 0 Å². The van der Waals surface area contributed by atoms with E-state index in [1.54, 1.807) is 0 Å². The molecule has 2 rings (SSSR count). The average Bonchev–Trinajstić information content (AvgIpc) is 2.71. The normalized spacial score (nSPS) is 11.6. The number of rotatable bonds is 4. The molecule has 18 heavy (non-hydrogen) atoms. The summed E-state index contributed by atoms with van der Waals surface area (Å²) in [7, 11) is -3.39. The monoisotopic (exact) mass is 283 g/mol. The Kier molecular flexibility index (Phi) is 3.18. The Balaban J connectivity index is 2.57. The summed E-state index contributed by atoms with van der Waals surface area (Å²) in [6.45, 7) is 3.39. The number of nitrogens with zero attached hydrogens (tertiary/aromatic N) is 1. The highest BCUT2D eigenvalue weighted by Gasteiger charge is 2.17. The second-order valence-corrected chi connectivity index (χ2v) is 6.85. The second-order valence-electron chi connectivity index (χ2n) is 3.56. The Hall–Kier alpha value is -1.73. The smallest absolute Gasteiger partial charge is 0.337 e. The zero-order valence-electron chi connectivity index (χ0n) is 9.16. The summed E-state index contributed by atoms with van der Waals surface area (Å²) >= 11 is 1.02. The highest BCUT2D eigenvalue weighted by molar-refractivity contribution is 7.93. The number of fused-ring (bicyclic) bond motifs is 1. The van der Waals surface area contributed by atoms with E-state index in [2.05, 4.69) is 11.6 Å². The molecule has 0 bridgehead atoms. The molecule has 0 aliphatic rings. The molecule has 2 aromatic rings. The fourth-order valence-corrected chi connectivity index (χ4v) is 3.86. The Labute approximate surface area is 107 Å². The lowest BCUT2D eigenvalue weighted by molar-refractivity contribution is 0.0696. The third-order valence-corrected chi connectivity index (χ3v) is 5.51. The summed E-state index contributed by atoms with van der Waals surface area (Å²) in [5.74, 6) is -1.24. The summed E-state index contributed by atoms with van der Waals surface area (Å²) in [5, 5.41) is 9.34. The van der Waals surface area contributed by atoms with Crippen molar-refractivity contribution in [1.82, 2.24) is 4.98 Å². The van der Waals surface area contributed by atoms with Crippen LogP contribution in [0.3, 0.4) is 0 Å². The SMILES string of the molecule is C=CCS(=O)(=O)c1cc2cc(C(=O)O)cnc2s1. The third-order valence-electron chi connectivity index (χ3n) is 2.24. The number of thiophene rings is 1. The number of hydrogen-bond acceptors (Lipinski definition) is 5. The molecule has 0 saturated heterocycles. The molecule has 0 unspecified atom stereocenters. The highest BCUT2D eigenvalue weighted by Crippen LogP contribution is 2.28. The van der Waals surface area contributed by atoms with Gasteiger partial charge in [0.2, 0.25) is 0 Å². The van der Waals surface area contributed by atoms with E-state index in [1.165, 1.54) is 24.4 Å². The lowest BCUT2D eigenvalue weighted by atomic mass is 10.2. The molecule has 0 amide bonds. The van der Waals surface area contributed by atoms with Gasteiger partial charge in [-0.1, -0.05) is 6.08 Å². The van der Waals surface area contributed by atoms with Crippen LogP contribution >= 0.6 is 11.3 Å². The Morgan fingerprint density at radius 3 is 2.83 bits per heavy atom. The molecular weight excluding hydrogens is 274 g/mol. The van der Waals surface area contributed by atoms with Gasteiger partial charge in [0.25, 0.3) is 0 Å². The lowest BCUT2D eigenvalue weighted by Gasteiger charge is -1.94. The van der Waals surface area contributed by atoms with Crippen molar-refractivity contribution < 1.29 is 18.3 Å². The molecule has 1 N–H and O–H groups in total. The molecule has 0 aromatic carbocycles. The minimum atomic E-state index is -3.39. The second kappa shape index (κ2) is 4.51.